The lowest BCUT2D eigenvalue weighted by atomic mass is 10.1. The zero-order chi connectivity index (χ0) is 20.2. The van der Waals surface area contributed by atoms with E-state index in [1.165, 1.54) is 5.56 Å². The van der Waals surface area contributed by atoms with E-state index < -0.39 is 0 Å². The van der Waals surface area contributed by atoms with Gasteiger partial charge in [0.05, 0.1) is 30.0 Å². The van der Waals surface area contributed by atoms with Crippen molar-refractivity contribution in [3.63, 3.8) is 0 Å². The first-order chi connectivity index (χ1) is 14.1. The molecule has 29 heavy (non-hydrogen) atoms. The highest BCUT2D eigenvalue weighted by Gasteiger charge is 2.23. The van der Waals surface area contributed by atoms with Crippen LogP contribution < -0.4 is 5.32 Å². The summed E-state index contributed by atoms with van der Waals surface area (Å²) in [5.41, 5.74) is 3.28. The van der Waals surface area contributed by atoms with Crippen molar-refractivity contribution in [3.8, 4) is 0 Å². The van der Waals surface area contributed by atoms with Gasteiger partial charge in [-0.3, -0.25) is 9.78 Å². The second-order valence-corrected chi connectivity index (χ2v) is 7.79. The minimum Gasteiger partial charge on any atom is -0.383 e. The average Bonchev–Trinajstić information content (AvgIpc) is 2.75. The number of benzene rings is 2. The SMILES string of the molecule is O=C(c1cnc2ccc(Cl)cc2c1NCCc1ccc(Cl)cc1)N1CCOCC1. The van der Waals surface area contributed by atoms with E-state index in [-0.39, 0.29) is 5.91 Å². The Morgan fingerprint density at radius 2 is 1.79 bits per heavy atom. The molecule has 1 N–H and O–H groups in total. The summed E-state index contributed by atoms with van der Waals surface area (Å²) in [4.78, 5) is 19.5. The first kappa shape index (κ1) is 20.0. The molecule has 0 unspecified atom stereocenters. The molecule has 7 heteroatoms. The quantitative estimate of drug-likeness (QED) is 0.640. The molecule has 0 bridgehead atoms. The Balaban J connectivity index is 1.63. The van der Waals surface area contributed by atoms with E-state index in [0.29, 0.717) is 43.4 Å². The van der Waals surface area contributed by atoms with Gasteiger partial charge in [-0.2, -0.15) is 0 Å². The second kappa shape index (κ2) is 8.99. The lowest BCUT2D eigenvalue weighted by Gasteiger charge is -2.28. The summed E-state index contributed by atoms with van der Waals surface area (Å²) >= 11 is 12.2. The Kier molecular flexibility index (Phi) is 6.19. The van der Waals surface area contributed by atoms with Crippen LogP contribution in [0.5, 0.6) is 0 Å². The number of morpholine rings is 1. The van der Waals surface area contributed by atoms with Gasteiger partial charge >= 0.3 is 0 Å². The number of carbonyl (C=O) groups is 1. The number of pyridine rings is 1. The molecule has 2 heterocycles. The summed E-state index contributed by atoms with van der Waals surface area (Å²) < 4.78 is 5.37. The van der Waals surface area contributed by atoms with Gasteiger partial charge in [0, 0.05) is 41.3 Å². The van der Waals surface area contributed by atoms with E-state index in [1.807, 2.05) is 36.4 Å². The number of carbonyl (C=O) groups excluding carboxylic acids is 1. The van der Waals surface area contributed by atoms with Crippen LogP contribution in [0.1, 0.15) is 15.9 Å². The molecule has 0 aliphatic carbocycles. The van der Waals surface area contributed by atoms with E-state index in [1.54, 1.807) is 17.2 Å². The van der Waals surface area contributed by atoms with Gasteiger partial charge < -0.3 is 15.0 Å². The van der Waals surface area contributed by atoms with Crippen molar-refractivity contribution in [3.05, 3.63) is 69.8 Å². The maximum absolute atomic E-state index is 13.2. The number of anilines is 1. The number of amides is 1. The normalized spacial score (nSPS) is 14.2. The highest BCUT2D eigenvalue weighted by Crippen LogP contribution is 2.29. The molecular weight excluding hydrogens is 409 g/mol. The third-order valence-corrected chi connectivity index (χ3v) is 5.47. The molecule has 0 saturated carbocycles. The van der Waals surface area contributed by atoms with Crippen LogP contribution in [-0.2, 0) is 11.2 Å². The summed E-state index contributed by atoms with van der Waals surface area (Å²) in [6.07, 6.45) is 2.45. The molecule has 3 aromatic rings. The van der Waals surface area contributed by atoms with Crippen LogP contribution in [0, 0.1) is 0 Å². The van der Waals surface area contributed by atoms with Gasteiger partial charge in [0.2, 0.25) is 0 Å². The fourth-order valence-electron chi connectivity index (χ4n) is 3.44. The number of aromatic nitrogens is 1. The van der Waals surface area contributed by atoms with E-state index in [0.717, 1.165) is 28.0 Å². The zero-order valence-corrected chi connectivity index (χ0v) is 17.3. The summed E-state index contributed by atoms with van der Waals surface area (Å²) in [5, 5.41) is 5.62. The van der Waals surface area contributed by atoms with Crippen molar-refractivity contribution in [2.45, 2.75) is 6.42 Å². The molecule has 0 atom stereocenters. The molecule has 1 fully saturated rings. The Hall–Kier alpha value is -2.34. The fraction of sp³-hybridized carbons (Fsp3) is 0.273. The van der Waals surface area contributed by atoms with Crippen LogP contribution >= 0.6 is 23.2 Å². The monoisotopic (exact) mass is 429 g/mol. The fourth-order valence-corrected chi connectivity index (χ4v) is 3.74. The molecule has 2 aromatic carbocycles. The number of nitrogens with zero attached hydrogens (tertiary/aromatic N) is 2. The first-order valence-electron chi connectivity index (χ1n) is 9.55. The minimum atomic E-state index is -0.0448. The number of nitrogens with one attached hydrogen (secondary N) is 1. The van der Waals surface area contributed by atoms with Gasteiger partial charge in [-0.25, -0.2) is 0 Å². The van der Waals surface area contributed by atoms with E-state index >= 15 is 0 Å². The number of hydrogen-bond donors (Lipinski definition) is 1. The van der Waals surface area contributed by atoms with Gasteiger partial charge in [-0.15, -0.1) is 0 Å². The van der Waals surface area contributed by atoms with E-state index in [4.69, 9.17) is 27.9 Å². The van der Waals surface area contributed by atoms with Crippen molar-refractivity contribution in [2.75, 3.05) is 38.2 Å². The van der Waals surface area contributed by atoms with Crippen LogP contribution in [0.15, 0.2) is 48.7 Å². The molecule has 0 spiro atoms. The number of halogens is 2. The Labute approximate surface area is 179 Å². The summed E-state index contributed by atoms with van der Waals surface area (Å²) in [6, 6.07) is 13.3. The highest BCUT2D eigenvalue weighted by atomic mass is 35.5. The Morgan fingerprint density at radius 3 is 2.55 bits per heavy atom. The largest absolute Gasteiger partial charge is 0.383 e. The van der Waals surface area contributed by atoms with Crippen LogP contribution in [0.2, 0.25) is 10.0 Å². The molecule has 5 nitrogen and oxygen atoms in total. The van der Waals surface area contributed by atoms with Crippen molar-refractivity contribution in [1.82, 2.24) is 9.88 Å². The average molecular weight is 430 g/mol. The maximum Gasteiger partial charge on any atom is 0.257 e. The van der Waals surface area contributed by atoms with E-state index in [9.17, 15) is 4.79 Å². The molecule has 1 saturated heterocycles. The van der Waals surface area contributed by atoms with Crippen molar-refractivity contribution in [2.24, 2.45) is 0 Å². The van der Waals surface area contributed by atoms with Crippen LogP contribution in [0.3, 0.4) is 0 Å². The molecule has 1 aliphatic rings. The second-order valence-electron chi connectivity index (χ2n) is 6.92. The van der Waals surface area contributed by atoms with Gasteiger partial charge in [0.25, 0.3) is 5.91 Å². The van der Waals surface area contributed by atoms with Gasteiger partial charge in [-0.05, 0) is 42.3 Å². The summed E-state index contributed by atoms with van der Waals surface area (Å²) in [5.74, 6) is -0.0448. The van der Waals surface area contributed by atoms with Gasteiger partial charge in [0.15, 0.2) is 0 Å². The minimum absolute atomic E-state index is 0.0448. The number of rotatable bonds is 5. The predicted octanol–water partition coefficient (Wildman–Crippen LogP) is 4.67. The lowest BCUT2D eigenvalue weighted by Crippen LogP contribution is -2.41. The van der Waals surface area contributed by atoms with E-state index in [2.05, 4.69) is 10.3 Å². The smallest absolute Gasteiger partial charge is 0.257 e. The third-order valence-electron chi connectivity index (χ3n) is 4.99. The van der Waals surface area contributed by atoms with Gasteiger partial charge in [-0.1, -0.05) is 35.3 Å². The zero-order valence-electron chi connectivity index (χ0n) is 15.8. The summed E-state index contributed by atoms with van der Waals surface area (Å²) in [6.45, 7) is 2.93. The maximum atomic E-state index is 13.2. The van der Waals surface area contributed by atoms with Gasteiger partial charge in [0.1, 0.15) is 0 Å². The standard InChI is InChI=1S/C22H21Cl2N3O2/c23-16-3-1-15(2-4-16)7-8-25-21-18-13-17(24)5-6-20(18)26-14-19(21)22(28)27-9-11-29-12-10-27/h1-6,13-14H,7-12H2,(H,25,26). The van der Waals surface area contributed by atoms with Crippen LogP contribution in [0.25, 0.3) is 10.9 Å². The topological polar surface area (TPSA) is 54.5 Å². The first-order valence-corrected chi connectivity index (χ1v) is 10.3. The Bertz CT molecular complexity index is 1020. The number of ether oxygens (including phenoxy) is 1. The molecule has 1 amide bonds. The Morgan fingerprint density at radius 1 is 1.07 bits per heavy atom. The third kappa shape index (κ3) is 4.64. The molecule has 0 radical (unpaired) electrons. The summed E-state index contributed by atoms with van der Waals surface area (Å²) in [7, 11) is 0. The highest BCUT2D eigenvalue weighted by molar-refractivity contribution is 6.31. The van der Waals surface area contributed by atoms with Crippen molar-refractivity contribution >= 4 is 45.7 Å². The molecule has 4 rings (SSSR count). The van der Waals surface area contributed by atoms with Crippen LogP contribution in [-0.4, -0.2) is 48.6 Å². The molecule has 1 aliphatic heterocycles. The lowest BCUT2D eigenvalue weighted by molar-refractivity contribution is 0.0303. The predicted molar refractivity (Wildman–Crippen MR) is 117 cm³/mol. The molecular formula is C22H21Cl2N3O2. The van der Waals surface area contributed by atoms with Crippen molar-refractivity contribution in [1.29, 1.82) is 0 Å². The number of hydrogen-bond acceptors (Lipinski definition) is 4. The van der Waals surface area contributed by atoms with Crippen LogP contribution in [0.4, 0.5) is 5.69 Å². The van der Waals surface area contributed by atoms with Crippen molar-refractivity contribution < 1.29 is 9.53 Å². The molecule has 1 aromatic heterocycles. The number of fused-ring (bicyclic) bond motifs is 1. The molecule has 150 valence electrons.